The Balaban J connectivity index is 2.45. The number of hydrogen-bond donors (Lipinski definition) is 0. The van der Waals surface area contributed by atoms with Crippen LogP contribution >= 0.6 is 0 Å². The second-order valence-corrected chi connectivity index (χ2v) is 1.79. The van der Waals surface area contributed by atoms with Gasteiger partial charge < -0.3 is 0 Å². The Morgan fingerprint density at radius 2 is 1.43 bits per heavy atom. The zero-order valence-electron chi connectivity index (χ0n) is 4.22. The summed E-state index contributed by atoms with van der Waals surface area (Å²) in [5, 5.41) is 4.16. The van der Waals surface area contributed by atoms with Gasteiger partial charge in [-0.2, -0.15) is 0 Å². The molecule has 0 aliphatic carbocycles. The van der Waals surface area contributed by atoms with Crippen LogP contribution in [0.3, 0.4) is 0 Å². The van der Waals surface area contributed by atoms with E-state index < -0.39 is 0 Å². The van der Waals surface area contributed by atoms with Crippen molar-refractivity contribution in [2.75, 3.05) is 0 Å². The standard InChI is InChI=1S/C2H6O3Si2/c1-6-4-3-5-7-2/h1-2H3. The first-order valence-corrected chi connectivity index (χ1v) is 4.56. The lowest BCUT2D eigenvalue weighted by Gasteiger charge is -1.93. The van der Waals surface area contributed by atoms with Crippen molar-refractivity contribution in [2.45, 2.75) is 13.1 Å². The van der Waals surface area contributed by atoms with Gasteiger partial charge in [0.15, 0.2) is 0 Å². The van der Waals surface area contributed by atoms with E-state index in [1.807, 2.05) is 13.1 Å². The average Bonchev–Trinajstić information content (AvgIpc) is 1.69. The molecule has 5 heteroatoms. The monoisotopic (exact) mass is 134 g/mol. The molecule has 0 bridgehead atoms. The van der Waals surface area contributed by atoms with E-state index in [2.05, 4.69) is 14.2 Å². The smallest absolute Gasteiger partial charge is 0.259 e. The van der Waals surface area contributed by atoms with Gasteiger partial charge in [0.05, 0.1) is 0 Å². The second-order valence-electron chi connectivity index (χ2n) is 0.643. The molecule has 0 fully saturated rings. The van der Waals surface area contributed by atoms with Crippen LogP contribution in [-0.2, 0) is 14.2 Å². The second kappa shape index (κ2) is 6.31. The molecule has 0 aliphatic rings. The van der Waals surface area contributed by atoms with Crippen molar-refractivity contribution in [1.29, 1.82) is 0 Å². The fourth-order valence-electron chi connectivity index (χ4n) is 0.0851. The van der Waals surface area contributed by atoms with Crippen molar-refractivity contribution in [3.05, 3.63) is 0 Å². The first-order chi connectivity index (χ1) is 3.41. The zero-order valence-corrected chi connectivity index (χ0v) is 6.22. The average molecular weight is 134 g/mol. The highest BCUT2D eigenvalue weighted by Gasteiger charge is 1.81. The van der Waals surface area contributed by atoms with Crippen LogP contribution in [0.4, 0.5) is 0 Å². The zero-order chi connectivity index (χ0) is 5.54. The van der Waals surface area contributed by atoms with Crippen LogP contribution in [-0.4, -0.2) is 19.5 Å². The normalized spacial score (nSPS) is 9.43. The van der Waals surface area contributed by atoms with E-state index in [1.165, 1.54) is 0 Å². The summed E-state index contributed by atoms with van der Waals surface area (Å²) in [6, 6.07) is 0. The fourth-order valence-corrected chi connectivity index (χ4v) is 0.357. The molecule has 7 heavy (non-hydrogen) atoms. The molecule has 0 saturated heterocycles. The van der Waals surface area contributed by atoms with Crippen LogP contribution in [0, 0.1) is 0 Å². The van der Waals surface area contributed by atoms with Crippen molar-refractivity contribution < 1.29 is 14.2 Å². The Kier molecular flexibility index (Phi) is 6.60. The molecule has 0 spiro atoms. The lowest BCUT2D eigenvalue weighted by atomic mass is 11.9. The number of hydrogen-bond acceptors (Lipinski definition) is 3. The third kappa shape index (κ3) is 6.31. The fraction of sp³-hybridized carbons (Fsp3) is 1.00. The molecule has 0 aromatic carbocycles. The lowest BCUT2D eigenvalue weighted by molar-refractivity contribution is -0.417. The van der Waals surface area contributed by atoms with Crippen molar-refractivity contribution >= 4 is 19.5 Å². The van der Waals surface area contributed by atoms with Gasteiger partial charge in [-0.05, 0) is 13.1 Å². The highest BCUT2D eigenvalue weighted by atomic mass is 28.2. The van der Waals surface area contributed by atoms with Gasteiger partial charge >= 0.3 is 0 Å². The minimum absolute atomic E-state index is 0.325. The SMILES string of the molecule is C[Si]OOO[Si]C. The lowest BCUT2D eigenvalue weighted by Crippen LogP contribution is -1.98. The Labute approximate surface area is 47.7 Å². The van der Waals surface area contributed by atoms with Crippen molar-refractivity contribution in [1.82, 2.24) is 0 Å². The molecule has 40 valence electrons. The predicted molar refractivity (Wildman–Crippen MR) is 26.5 cm³/mol. The summed E-state index contributed by atoms with van der Waals surface area (Å²) in [6.45, 7) is 3.70. The molecule has 3 nitrogen and oxygen atoms in total. The molecule has 0 amide bonds. The minimum atomic E-state index is 0.325. The van der Waals surface area contributed by atoms with E-state index >= 15 is 0 Å². The first-order valence-electron chi connectivity index (χ1n) is 1.74. The summed E-state index contributed by atoms with van der Waals surface area (Å²) in [4.78, 5) is 0. The Morgan fingerprint density at radius 1 is 1.00 bits per heavy atom. The largest absolute Gasteiger partial charge is 0.283 e. The Bertz CT molecular complexity index is 30.1. The third-order valence-electron chi connectivity index (χ3n) is 0.235. The van der Waals surface area contributed by atoms with E-state index in [1.54, 1.807) is 0 Å². The molecule has 0 atom stereocenters. The minimum Gasteiger partial charge on any atom is -0.259 e. The molecule has 0 unspecified atom stereocenters. The maximum Gasteiger partial charge on any atom is 0.283 e. The van der Waals surface area contributed by atoms with Gasteiger partial charge in [-0.15, -0.1) is 0 Å². The molecule has 0 N–H and O–H groups in total. The van der Waals surface area contributed by atoms with Crippen LogP contribution in [0.25, 0.3) is 0 Å². The summed E-state index contributed by atoms with van der Waals surface area (Å²) in [5.41, 5.74) is 0. The molecule has 0 rings (SSSR count). The predicted octanol–water partition coefficient (Wildman–Crippen LogP) is 0.201. The summed E-state index contributed by atoms with van der Waals surface area (Å²) >= 11 is 0. The quantitative estimate of drug-likeness (QED) is 0.238. The van der Waals surface area contributed by atoms with Gasteiger partial charge in [0.2, 0.25) is 0 Å². The van der Waals surface area contributed by atoms with E-state index in [0.29, 0.717) is 19.5 Å². The number of rotatable bonds is 4. The molecular weight excluding hydrogens is 128 g/mol. The summed E-state index contributed by atoms with van der Waals surface area (Å²) in [5.74, 6) is 0. The molecule has 0 heterocycles. The van der Waals surface area contributed by atoms with E-state index in [-0.39, 0.29) is 0 Å². The van der Waals surface area contributed by atoms with Gasteiger partial charge in [-0.1, -0.05) is 5.04 Å². The van der Waals surface area contributed by atoms with Crippen LogP contribution < -0.4 is 0 Å². The van der Waals surface area contributed by atoms with E-state index in [4.69, 9.17) is 0 Å². The van der Waals surface area contributed by atoms with E-state index in [9.17, 15) is 0 Å². The molecular formula is C2H6O3Si2. The molecule has 4 radical (unpaired) electrons. The summed E-state index contributed by atoms with van der Waals surface area (Å²) < 4.78 is 8.77. The molecule has 0 aromatic rings. The third-order valence-corrected chi connectivity index (χ3v) is 0.704. The first kappa shape index (κ1) is 7.31. The van der Waals surface area contributed by atoms with Crippen LogP contribution in [0.5, 0.6) is 0 Å². The van der Waals surface area contributed by atoms with Crippen molar-refractivity contribution in [3.63, 3.8) is 0 Å². The van der Waals surface area contributed by atoms with Gasteiger partial charge in [0.1, 0.15) is 0 Å². The highest BCUT2D eigenvalue weighted by molar-refractivity contribution is 6.25. The van der Waals surface area contributed by atoms with E-state index in [0.717, 1.165) is 0 Å². The molecule has 0 saturated carbocycles. The topological polar surface area (TPSA) is 27.7 Å². The van der Waals surface area contributed by atoms with Crippen molar-refractivity contribution in [3.8, 4) is 0 Å². The van der Waals surface area contributed by atoms with Crippen LogP contribution in [0.15, 0.2) is 0 Å². The summed E-state index contributed by atoms with van der Waals surface area (Å²) in [6.07, 6.45) is 0. The Morgan fingerprint density at radius 3 is 1.71 bits per heavy atom. The van der Waals surface area contributed by atoms with Gasteiger partial charge in [-0.3, -0.25) is 9.15 Å². The maximum absolute atomic E-state index is 4.39. The van der Waals surface area contributed by atoms with Crippen LogP contribution in [0.1, 0.15) is 0 Å². The van der Waals surface area contributed by atoms with Crippen molar-refractivity contribution in [2.24, 2.45) is 0 Å². The van der Waals surface area contributed by atoms with Gasteiger partial charge in [-0.25, -0.2) is 0 Å². The summed E-state index contributed by atoms with van der Waals surface area (Å²) in [7, 11) is 0.650. The molecule has 0 aliphatic heterocycles. The van der Waals surface area contributed by atoms with Gasteiger partial charge in [0, 0.05) is 0 Å². The Hall–Kier alpha value is 0.314. The van der Waals surface area contributed by atoms with Crippen LogP contribution in [0.2, 0.25) is 13.1 Å². The van der Waals surface area contributed by atoms with Gasteiger partial charge in [0.25, 0.3) is 19.5 Å². The maximum atomic E-state index is 4.39. The molecule has 0 aromatic heterocycles. The highest BCUT2D eigenvalue weighted by Crippen LogP contribution is 1.73.